The summed E-state index contributed by atoms with van der Waals surface area (Å²) in [4.78, 5) is 0. The molecule has 0 spiro atoms. The Kier molecular flexibility index (Phi) is 5.27. The monoisotopic (exact) mass is 310 g/mol. The van der Waals surface area contributed by atoms with Gasteiger partial charge in [-0.05, 0) is 48.8 Å². The maximum Gasteiger partial charge on any atom is 0.218 e. The minimum atomic E-state index is -3.25. The average molecular weight is 310 g/mol. The highest BCUT2D eigenvalue weighted by Gasteiger charge is 2.27. The molecule has 2 N–H and O–H groups in total. The van der Waals surface area contributed by atoms with Crippen molar-refractivity contribution in [2.75, 3.05) is 18.8 Å². The summed E-state index contributed by atoms with van der Waals surface area (Å²) in [5, 5.41) is 0. The molecule has 0 aliphatic carbocycles. The summed E-state index contributed by atoms with van der Waals surface area (Å²) in [7, 11) is -3.25. The number of anilines is 1. The molecule has 0 saturated carbocycles. The van der Waals surface area contributed by atoms with Gasteiger partial charge in [-0.2, -0.15) is 0 Å². The summed E-state index contributed by atoms with van der Waals surface area (Å²) in [5.41, 5.74) is 7.10. The van der Waals surface area contributed by atoms with E-state index in [4.69, 9.17) is 5.73 Å². The summed E-state index contributed by atoms with van der Waals surface area (Å²) in [6.45, 7) is 5.74. The normalized spacial score (nSPS) is 21.4. The molecule has 1 aliphatic heterocycles. The Morgan fingerprint density at radius 3 is 2.71 bits per heavy atom. The number of hydrogen-bond acceptors (Lipinski definition) is 3. The van der Waals surface area contributed by atoms with Crippen LogP contribution in [-0.4, -0.2) is 25.8 Å². The van der Waals surface area contributed by atoms with Crippen LogP contribution in [0.4, 0.5) is 5.69 Å². The molecule has 1 unspecified atom stereocenters. The number of sulfonamides is 1. The number of nitrogens with zero attached hydrogens (tertiary/aromatic N) is 1. The smallest absolute Gasteiger partial charge is 0.218 e. The van der Waals surface area contributed by atoms with E-state index in [1.807, 2.05) is 6.07 Å². The number of rotatable bonds is 4. The molecule has 1 aliphatic rings. The molecule has 21 heavy (non-hydrogen) atoms. The third-order valence-corrected chi connectivity index (χ3v) is 6.22. The highest BCUT2D eigenvalue weighted by Crippen LogP contribution is 2.26. The van der Waals surface area contributed by atoms with Crippen LogP contribution in [0.5, 0.6) is 0 Å². The first-order valence-corrected chi connectivity index (χ1v) is 9.31. The van der Waals surface area contributed by atoms with Gasteiger partial charge in [0.05, 0.1) is 5.75 Å². The van der Waals surface area contributed by atoms with Crippen LogP contribution in [0, 0.1) is 11.8 Å². The van der Waals surface area contributed by atoms with E-state index in [9.17, 15) is 8.42 Å². The van der Waals surface area contributed by atoms with Crippen molar-refractivity contribution in [2.45, 2.75) is 38.9 Å². The van der Waals surface area contributed by atoms with E-state index in [2.05, 4.69) is 13.8 Å². The van der Waals surface area contributed by atoms with Gasteiger partial charge < -0.3 is 5.73 Å². The molecule has 4 nitrogen and oxygen atoms in total. The van der Waals surface area contributed by atoms with Crippen LogP contribution < -0.4 is 5.73 Å². The van der Waals surface area contributed by atoms with Gasteiger partial charge in [-0.3, -0.25) is 0 Å². The van der Waals surface area contributed by atoms with Crippen molar-refractivity contribution in [3.63, 3.8) is 0 Å². The fourth-order valence-corrected chi connectivity index (χ4v) is 4.60. The summed E-state index contributed by atoms with van der Waals surface area (Å²) in [6, 6.07) is 7.14. The zero-order valence-corrected chi connectivity index (χ0v) is 13.8. The highest BCUT2D eigenvalue weighted by molar-refractivity contribution is 7.88. The van der Waals surface area contributed by atoms with Gasteiger partial charge in [0.2, 0.25) is 10.0 Å². The molecule has 1 aromatic carbocycles. The van der Waals surface area contributed by atoms with Crippen molar-refractivity contribution >= 4 is 15.7 Å². The third-order valence-electron chi connectivity index (χ3n) is 4.37. The largest absolute Gasteiger partial charge is 0.399 e. The molecule has 1 heterocycles. The molecule has 0 aromatic heterocycles. The van der Waals surface area contributed by atoms with Gasteiger partial charge in [0.15, 0.2) is 0 Å². The van der Waals surface area contributed by atoms with Crippen molar-refractivity contribution in [3.05, 3.63) is 29.8 Å². The Labute approximate surface area is 128 Å². The standard InChI is InChI=1S/C16H26N2O2S/c1-13(2)15-6-4-9-18(10-8-15)21(19,20)12-14-5-3-7-16(17)11-14/h3,5,7,11,13,15H,4,6,8-10,12,17H2,1-2H3. The SMILES string of the molecule is CC(C)C1CCCN(S(=O)(=O)Cc2cccc(N)c2)CC1. The van der Waals surface area contributed by atoms with Crippen molar-refractivity contribution in [2.24, 2.45) is 11.8 Å². The predicted octanol–water partition coefficient (Wildman–Crippen LogP) is 2.86. The Hall–Kier alpha value is -1.07. The van der Waals surface area contributed by atoms with E-state index < -0.39 is 10.0 Å². The van der Waals surface area contributed by atoms with Crippen molar-refractivity contribution in [1.29, 1.82) is 0 Å². The highest BCUT2D eigenvalue weighted by atomic mass is 32.2. The number of nitrogens with two attached hydrogens (primary N) is 1. The molecule has 0 amide bonds. The van der Waals surface area contributed by atoms with Crippen molar-refractivity contribution < 1.29 is 8.42 Å². The van der Waals surface area contributed by atoms with Gasteiger partial charge >= 0.3 is 0 Å². The van der Waals surface area contributed by atoms with Crippen LogP contribution in [0.2, 0.25) is 0 Å². The van der Waals surface area contributed by atoms with E-state index in [1.54, 1.807) is 22.5 Å². The van der Waals surface area contributed by atoms with E-state index >= 15 is 0 Å². The summed E-state index contributed by atoms with van der Waals surface area (Å²) in [6.07, 6.45) is 3.05. The molecular formula is C16H26N2O2S. The van der Waals surface area contributed by atoms with Gasteiger partial charge in [-0.25, -0.2) is 12.7 Å². The Balaban J connectivity index is 2.05. The quantitative estimate of drug-likeness (QED) is 0.870. The van der Waals surface area contributed by atoms with Gasteiger partial charge in [0, 0.05) is 18.8 Å². The zero-order chi connectivity index (χ0) is 15.5. The maximum atomic E-state index is 12.6. The van der Waals surface area contributed by atoms with Crippen LogP contribution in [-0.2, 0) is 15.8 Å². The first kappa shape index (κ1) is 16.3. The Morgan fingerprint density at radius 2 is 2.05 bits per heavy atom. The minimum Gasteiger partial charge on any atom is -0.399 e. The molecule has 2 rings (SSSR count). The lowest BCUT2D eigenvalue weighted by molar-refractivity contribution is 0.340. The van der Waals surface area contributed by atoms with Crippen LogP contribution in [0.15, 0.2) is 24.3 Å². The lowest BCUT2D eigenvalue weighted by Gasteiger charge is -2.21. The van der Waals surface area contributed by atoms with Crippen molar-refractivity contribution in [1.82, 2.24) is 4.31 Å². The number of benzene rings is 1. The minimum absolute atomic E-state index is 0.0460. The van der Waals surface area contributed by atoms with Gasteiger partial charge in [0.25, 0.3) is 0 Å². The molecule has 1 saturated heterocycles. The molecule has 1 atom stereocenters. The molecular weight excluding hydrogens is 284 g/mol. The van der Waals surface area contributed by atoms with E-state index in [0.717, 1.165) is 24.8 Å². The molecule has 1 fully saturated rings. The maximum absolute atomic E-state index is 12.6. The fraction of sp³-hybridized carbons (Fsp3) is 0.625. The molecule has 118 valence electrons. The van der Waals surface area contributed by atoms with Crippen molar-refractivity contribution in [3.8, 4) is 0 Å². The summed E-state index contributed by atoms with van der Waals surface area (Å²) >= 11 is 0. The first-order valence-electron chi connectivity index (χ1n) is 7.71. The third kappa shape index (κ3) is 4.45. The van der Waals surface area contributed by atoms with Crippen LogP contribution in [0.25, 0.3) is 0 Å². The van der Waals surface area contributed by atoms with Crippen LogP contribution in [0.3, 0.4) is 0 Å². The molecule has 0 radical (unpaired) electrons. The molecule has 1 aromatic rings. The number of hydrogen-bond donors (Lipinski definition) is 1. The summed E-state index contributed by atoms with van der Waals surface area (Å²) < 4.78 is 26.8. The Morgan fingerprint density at radius 1 is 1.29 bits per heavy atom. The Bertz CT molecular complexity index is 569. The lowest BCUT2D eigenvalue weighted by Crippen LogP contribution is -2.33. The zero-order valence-electron chi connectivity index (χ0n) is 13.0. The van der Waals surface area contributed by atoms with Crippen LogP contribution >= 0.6 is 0 Å². The number of nitrogen functional groups attached to an aromatic ring is 1. The molecule has 5 heteroatoms. The first-order chi connectivity index (χ1) is 9.88. The fourth-order valence-electron chi connectivity index (χ4n) is 3.03. The predicted molar refractivity (Wildman–Crippen MR) is 87.2 cm³/mol. The topological polar surface area (TPSA) is 63.4 Å². The molecule has 0 bridgehead atoms. The van der Waals surface area contributed by atoms with E-state index in [-0.39, 0.29) is 5.75 Å². The van der Waals surface area contributed by atoms with Gasteiger partial charge in [-0.15, -0.1) is 0 Å². The second-order valence-electron chi connectivity index (χ2n) is 6.34. The van der Waals surface area contributed by atoms with Gasteiger partial charge in [-0.1, -0.05) is 26.0 Å². The second-order valence-corrected chi connectivity index (χ2v) is 8.30. The van der Waals surface area contributed by atoms with Gasteiger partial charge in [0.1, 0.15) is 0 Å². The summed E-state index contributed by atoms with van der Waals surface area (Å²) in [5.74, 6) is 1.31. The lowest BCUT2D eigenvalue weighted by atomic mass is 9.89. The average Bonchev–Trinajstić information content (AvgIpc) is 2.64. The van der Waals surface area contributed by atoms with Crippen LogP contribution in [0.1, 0.15) is 38.7 Å². The van der Waals surface area contributed by atoms with E-state index in [1.165, 1.54) is 0 Å². The second kappa shape index (κ2) is 6.79. The van der Waals surface area contributed by atoms with E-state index in [0.29, 0.717) is 30.6 Å².